The number of rotatable bonds is 5. The van der Waals surface area contributed by atoms with Crippen molar-refractivity contribution in [1.29, 1.82) is 0 Å². The van der Waals surface area contributed by atoms with E-state index in [1.165, 1.54) is 39.4 Å². The van der Waals surface area contributed by atoms with Gasteiger partial charge < -0.3 is 10.1 Å². The summed E-state index contributed by atoms with van der Waals surface area (Å²) < 4.78 is 57.3. The summed E-state index contributed by atoms with van der Waals surface area (Å²) in [7, 11) is 0.203. The summed E-state index contributed by atoms with van der Waals surface area (Å²) in [4.78, 5) is 12.0. The molecule has 0 aliphatic carbocycles. The van der Waals surface area contributed by atoms with E-state index in [-0.39, 0.29) is 21.9 Å². The maximum atomic E-state index is 13.7. The van der Waals surface area contributed by atoms with Gasteiger partial charge in [-0.15, -0.1) is 0 Å². The number of hydrogen-bond donors (Lipinski definition) is 1. The molecule has 0 heterocycles. The fourth-order valence-corrected chi connectivity index (χ4v) is 3.10. The number of halogens is 2. The Hall–Kier alpha value is -2.52. The van der Waals surface area contributed by atoms with Crippen LogP contribution in [0.2, 0.25) is 0 Å². The fourth-order valence-electron chi connectivity index (χ4n) is 2.02. The van der Waals surface area contributed by atoms with Crippen LogP contribution in [0.15, 0.2) is 41.3 Å². The van der Waals surface area contributed by atoms with Gasteiger partial charge in [-0.05, 0) is 30.3 Å². The number of carbonyl (C=O) groups excluding carboxylic acids is 1. The first-order valence-electron chi connectivity index (χ1n) is 7.03. The van der Waals surface area contributed by atoms with Crippen LogP contribution in [-0.4, -0.2) is 39.8 Å². The van der Waals surface area contributed by atoms with Crippen LogP contribution < -0.4 is 10.1 Å². The number of hydrogen-bond acceptors (Lipinski definition) is 4. The molecule has 0 atom stereocenters. The van der Waals surface area contributed by atoms with Crippen LogP contribution in [-0.2, 0) is 10.0 Å². The van der Waals surface area contributed by atoms with E-state index in [0.717, 1.165) is 16.4 Å². The zero-order valence-corrected chi connectivity index (χ0v) is 14.5. The number of nitrogens with zero attached hydrogens (tertiary/aromatic N) is 1. The van der Waals surface area contributed by atoms with Gasteiger partial charge in [0.15, 0.2) is 0 Å². The molecular weight excluding hydrogens is 354 g/mol. The van der Waals surface area contributed by atoms with E-state index in [0.29, 0.717) is 6.07 Å². The molecule has 6 nitrogen and oxygen atoms in total. The average molecular weight is 370 g/mol. The lowest BCUT2D eigenvalue weighted by atomic mass is 10.2. The van der Waals surface area contributed by atoms with Crippen molar-refractivity contribution in [2.75, 3.05) is 26.5 Å². The zero-order chi connectivity index (χ0) is 18.8. The average Bonchev–Trinajstić information content (AvgIpc) is 2.54. The van der Waals surface area contributed by atoms with E-state index >= 15 is 0 Å². The van der Waals surface area contributed by atoms with E-state index in [2.05, 4.69) is 5.32 Å². The molecule has 0 saturated carbocycles. The predicted molar refractivity (Wildman–Crippen MR) is 88.2 cm³/mol. The Morgan fingerprint density at radius 1 is 1.12 bits per heavy atom. The highest BCUT2D eigenvalue weighted by atomic mass is 32.2. The van der Waals surface area contributed by atoms with Crippen molar-refractivity contribution in [1.82, 2.24) is 4.31 Å². The van der Waals surface area contributed by atoms with Gasteiger partial charge >= 0.3 is 0 Å². The molecule has 0 saturated heterocycles. The van der Waals surface area contributed by atoms with Gasteiger partial charge in [-0.3, -0.25) is 4.79 Å². The van der Waals surface area contributed by atoms with Crippen LogP contribution in [0.3, 0.4) is 0 Å². The van der Waals surface area contributed by atoms with Crippen LogP contribution >= 0.6 is 0 Å². The number of methoxy groups -OCH3 is 1. The summed E-state index contributed by atoms with van der Waals surface area (Å²) >= 11 is 0. The van der Waals surface area contributed by atoms with Crippen LogP contribution in [0, 0.1) is 11.6 Å². The van der Waals surface area contributed by atoms with Crippen molar-refractivity contribution in [3.63, 3.8) is 0 Å². The maximum absolute atomic E-state index is 13.7. The van der Waals surface area contributed by atoms with E-state index in [1.54, 1.807) is 0 Å². The normalized spacial score (nSPS) is 11.4. The minimum atomic E-state index is -3.82. The Morgan fingerprint density at radius 3 is 2.36 bits per heavy atom. The molecule has 0 fully saturated rings. The standard InChI is InChI=1S/C16H16F2N2O4S/c1-20(2)25(22,23)15-9-11(5-7-14(15)24-3)19-16(21)12-6-4-10(17)8-13(12)18/h4-9H,1-3H3,(H,19,21). The number of amides is 1. The molecule has 25 heavy (non-hydrogen) atoms. The lowest BCUT2D eigenvalue weighted by molar-refractivity contribution is 0.102. The summed E-state index contributed by atoms with van der Waals surface area (Å²) in [5.74, 6) is -2.57. The van der Waals surface area contributed by atoms with Gasteiger partial charge in [0.25, 0.3) is 5.91 Å². The number of anilines is 1. The Morgan fingerprint density at radius 2 is 1.80 bits per heavy atom. The summed E-state index contributed by atoms with van der Waals surface area (Å²) in [6.07, 6.45) is 0. The first-order valence-corrected chi connectivity index (χ1v) is 8.48. The largest absolute Gasteiger partial charge is 0.495 e. The second-order valence-corrected chi connectivity index (χ2v) is 7.35. The van der Waals surface area contributed by atoms with Crippen molar-refractivity contribution in [2.45, 2.75) is 4.90 Å². The Labute approximate surface area is 144 Å². The molecule has 0 aliphatic rings. The second-order valence-electron chi connectivity index (χ2n) is 5.23. The first kappa shape index (κ1) is 18.8. The first-order chi connectivity index (χ1) is 11.7. The minimum Gasteiger partial charge on any atom is -0.495 e. The number of sulfonamides is 1. The van der Waals surface area contributed by atoms with Gasteiger partial charge in [0.1, 0.15) is 22.3 Å². The molecule has 9 heteroatoms. The molecule has 0 spiro atoms. The third-order valence-corrected chi connectivity index (χ3v) is 5.19. The van der Waals surface area contributed by atoms with Gasteiger partial charge in [-0.2, -0.15) is 0 Å². The summed E-state index contributed by atoms with van der Waals surface area (Å²) in [5, 5.41) is 2.38. The summed E-state index contributed by atoms with van der Waals surface area (Å²) in [6, 6.07) is 6.52. The second kappa shape index (κ2) is 7.16. The third-order valence-electron chi connectivity index (χ3n) is 3.36. The van der Waals surface area contributed by atoms with Crippen molar-refractivity contribution < 1.29 is 26.7 Å². The summed E-state index contributed by atoms with van der Waals surface area (Å²) in [5.41, 5.74) is -0.246. The van der Waals surface area contributed by atoms with Gasteiger partial charge in [-0.25, -0.2) is 21.5 Å². The fraction of sp³-hybridized carbons (Fsp3) is 0.188. The van der Waals surface area contributed by atoms with Gasteiger partial charge in [-0.1, -0.05) is 0 Å². The Kier molecular flexibility index (Phi) is 5.39. The minimum absolute atomic E-state index is 0.0969. The molecule has 0 radical (unpaired) electrons. The zero-order valence-electron chi connectivity index (χ0n) is 13.7. The Bertz CT molecular complexity index is 914. The number of ether oxygens (including phenoxy) is 1. The van der Waals surface area contributed by atoms with Crippen LogP contribution in [0.25, 0.3) is 0 Å². The lowest BCUT2D eigenvalue weighted by Gasteiger charge is -2.16. The SMILES string of the molecule is COc1ccc(NC(=O)c2ccc(F)cc2F)cc1S(=O)(=O)N(C)C. The van der Waals surface area contributed by atoms with Gasteiger partial charge in [0.2, 0.25) is 10.0 Å². The monoisotopic (exact) mass is 370 g/mol. The highest BCUT2D eigenvalue weighted by molar-refractivity contribution is 7.89. The maximum Gasteiger partial charge on any atom is 0.258 e. The van der Waals surface area contributed by atoms with Crippen LogP contribution in [0.5, 0.6) is 5.75 Å². The van der Waals surface area contributed by atoms with Crippen molar-refractivity contribution >= 4 is 21.6 Å². The molecule has 0 aromatic heterocycles. The van der Waals surface area contributed by atoms with E-state index in [4.69, 9.17) is 4.74 Å². The van der Waals surface area contributed by atoms with E-state index < -0.39 is 27.6 Å². The van der Waals surface area contributed by atoms with E-state index in [9.17, 15) is 22.0 Å². The molecule has 2 rings (SSSR count). The molecule has 134 valence electrons. The molecule has 0 unspecified atom stereocenters. The predicted octanol–water partition coefficient (Wildman–Crippen LogP) is 2.48. The number of carbonyl (C=O) groups is 1. The molecule has 1 amide bonds. The van der Waals surface area contributed by atoms with Gasteiger partial charge in [0.05, 0.1) is 12.7 Å². The molecule has 0 bridgehead atoms. The van der Waals surface area contributed by atoms with Crippen molar-refractivity contribution in [3.05, 3.63) is 53.6 Å². The molecule has 2 aromatic carbocycles. The van der Waals surface area contributed by atoms with Crippen molar-refractivity contribution in [2.24, 2.45) is 0 Å². The molecule has 0 aliphatic heterocycles. The highest BCUT2D eigenvalue weighted by Crippen LogP contribution is 2.29. The van der Waals surface area contributed by atoms with Crippen molar-refractivity contribution in [3.8, 4) is 5.75 Å². The number of benzene rings is 2. The molecular formula is C16H16F2N2O4S. The lowest BCUT2D eigenvalue weighted by Crippen LogP contribution is -2.23. The number of nitrogens with one attached hydrogen (secondary N) is 1. The van der Waals surface area contributed by atoms with Crippen LogP contribution in [0.4, 0.5) is 14.5 Å². The van der Waals surface area contributed by atoms with Gasteiger partial charge in [0, 0.05) is 25.8 Å². The smallest absolute Gasteiger partial charge is 0.258 e. The molecule has 1 N–H and O–H groups in total. The highest BCUT2D eigenvalue weighted by Gasteiger charge is 2.23. The summed E-state index contributed by atoms with van der Waals surface area (Å²) in [6.45, 7) is 0. The topological polar surface area (TPSA) is 75.7 Å². The Balaban J connectivity index is 2.39. The molecule has 2 aromatic rings. The van der Waals surface area contributed by atoms with E-state index in [1.807, 2.05) is 0 Å². The third kappa shape index (κ3) is 3.94. The van der Waals surface area contributed by atoms with Crippen LogP contribution in [0.1, 0.15) is 10.4 Å². The quantitative estimate of drug-likeness (QED) is 0.877.